The summed E-state index contributed by atoms with van der Waals surface area (Å²) in [6.07, 6.45) is 0. The zero-order valence-corrected chi connectivity index (χ0v) is 8.23. The molecule has 2 aromatic carbocycles. The summed E-state index contributed by atoms with van der Waals surface area (Å²) >= 11 is 6.34. The molecule has 13 heavy (non-hydrogen) atoms. The summed E-state index contributed by atoms with van der Waals surface area (Å²) < 4.78 is 10.7. The Morgan fingerprint density at radius 3 is 2.77 bits per heavy atom. The third kappa shape index (κ3) is 1.55. The summed E-state index contributed by atoms with van der Waals surface area (Å²) in [7, 11) is 0. The Kier molecular flexibility index (Phi) is 2.25. The molecule has 0 aliphatic carbocycles. The molecular formula is C10H6ClOS+. The largest absolute Gasteiger partial charge is 0.505 e. The van der Waals surface area contributed by atoms with Gasteiger partial charge in [0.05, 0.1) is 5.39 Å². The van der Waals surface area contributed by atoms with E-state index in [1.807, 2.05) is 30.3 Å². The summed E-state index contributed by atoms with van der Waals surface area (Å²) in [6.45, 7) is 0. The van der Waals surface area contributed by atoms with Crippen molar-refractivity contribution in [3.63, 3.8) is 0 Å². The molecule has 0 atom stereocenters. The van der Waals surface area contributed by atoms with Gasteiger partial charge in [0.2, 0.25) is 0 Å². The van der Waals surface area contributed by atoms with Gasteiger partial charge >= 0.3 is 11.7 Å². The Morgan fingerprint density at radius 1 is 1.15 bits per heavy atom. The highest BCUT2D eigenvalue weighted by molar-refractivity contribution is 7.65. The van der Waals surface area contributed by atoms with Gasteiger partial charge in [-0.25, -0.2) is 0 Å². The van der Waals surface area contributed by atoms with Gasteiger partial charge in [0.15, 0.2) is 0 Å². The Hall–Kier alpha value is -0.990. The molecular weight excluding hydrogens is 204 g/mol. The maximum absolute atomic E-state index is 10.7. The Labute approximate surface area is 84.8 Å². The zero-order valence-electron chi connectivity index (χ0n) is 6.66. The molecule has 0 bridgehead atoms. The number of rotatable bonds is 1. The molecule has 0 aliphatic heterocycles. The van der Waals surface area contributed by atoms with Crippen LogP contribution in [0.1, 0.15) is 0 Å². The average Bonchev–Trinajstić information content (AvgIpc) is 2.16. The van der Waals surface area contributed by atoms with E-state index in [1.54, 1.807) is 6.07 Å². The van der Waals surface area contributed by atoms with Crippen LogP contribution in [0.15, 0.2) is 41.3 Å². The first kappa shape index (κ1) is 8.60. The molecule has 0 aliphatic rings. The lowest BCUT2D eigenvalue weighted by atomic mass is 10.1. The van der Waals surface area contributed by atoms with Crippen molar-refractivity contribution in [2.45, 2.75) is 4.90 Å². The van der Waals surface area contributed by atoms with E-state index in [9.17, 15) is 4.21 Å². The normalized spacial score (nSPS) is 10.2. The van der Waals surface area contributed by atoms with Gasteiger partial charge in [-0.1, -0.05) is 23.7 Å². The van der Waals surface area contributed by atoms with Gasteiger partial charge in [0.25, 0.3) is 4.90 Å². The molecule has 0 radical (unpaired) electrons. The topological polar surface area (TPSA) is 17.1 Å². The predicted octanol–water partition coefficient (Wildman–Crippen LogP) is 3.28. The van der Waals surface area contributed by atoms with Crippen molar-refractivity contribution >= 4 is 34.0 Å². The average molecular weight is 210 g/mol. The Bertz CT molecular complexity index is 467. The summed E-state index contributed by atoms with van der Waals surface area (Å²) in [5.74, 6) is 0. The lowest BCUT2D eigenvalue weighted by Crippen LogP contribution is -1.78. The van der Waals surface area contributed by atoms with Crippen molar-refractivity contribution in [1.29, 1.82) is 0 Å². The minimum Gasteiger partial charge on any atom is -0.0843 e. The lowest BCUT2D eigenvalue weighted by Gasteiger charge is -1.94. The Morgan fingerprint density at radius 2 is 2.00 bits per heavy atom. The van der Waals surface area contributed by atoms with E-state index in [0.717, 1.165) is 15.7 Å². The molecule has 0 aromatic heterocycles. The molecule has 0 unspecified atom stereocenters. The maximum Gasteiger partial charge on any atom is 0.505 e. The molecule has 0 N–H and O–H groups in total. The molecule has 64 valence electrons. The minimum atomic E-state index is 0.511. The van der Waals surface area contributed by atoms with Crippen molar-refractivity contribution in [1.82, 2.24) is 0 Å². The third-order valence-electron chi connectivity index (χ3n) is 1.89. The van der Waals surface area contributed by atoms with Gasteiger partial charge in [-0.3, -0.25) is 0 Å². The summed E-state index contributed by atoms with van der Waals surface area (Å²) in [6, 6.07) is 11.1. The first-order valence-corrected chi connectivity index (χ1v) is 4.91. The first-order valence-electron chi connectivity index (χ1n) is 3.79. The van der Waals surface area contributed by atoms with Crippen LogP contribution in [0.4, 0.5) is 0 Å². The minimum absolute atomic E-state index is 0.511. The standard InChI is InChI=1S/C10H6ClOS/c11-8-4-5-9-7(6-8)2-1-3-10(9)13-12/h1-6H/q+1. The van der Waals surface area contributed by atoms with E-state index < -0.39 is 0 Å². The smallest absolute Gasteiger partial charge is 0.0843 e. The number of halogens is 1. The quantitative estimate of drug-likeness (QED) is 0.659. The van der Waals surface area contributed by atoms with Crippen molar-refractivity contribution in [3.8, 4) is 0 Å². The van der Waals surface area contributed by atoms with Crippen molar-refractivity contribution in [2.24, 2.45) is 0 Å². The van der Waals surface area contributed by atoms with Crippen molar-refractivity contribution in [3.05, 3.63) is 41.4 Å². The highest BCUT2D eigenvalue weighted by Crippen LogP contribution is 2.22. The van der Waals surface area contributed by atoms with Gasteiger partial charge in [-0.2, -0.15) is 0 Å². The molecule has 0 spiro atoms. The van der Waals surface area contributed by atoms with Crippen LogP contribution in [-0.2, 0) is 15.9 Å². The van der Waals surface area contributed by atoms with Gasteiger partial charge < -0.3 is 0 Å². The van der Waals surface area contributed by atoms with E-state index in [1.165, 1.54) is 0 Å². The Balaban J connectivity index is 2.84. The predicted molar refractivity (Wildman–Crippen MR) is 55.3 cm³/mol. The fourth-order valence-corrected chi connectivity index (χ4v) is 1.89. The van der Waals surface area contributed by atoms with Crippen molar-refractivity contribution < 1.29 is 4.21 Å². The van der Waals surface area contributed by atoms with Crippen molar-refractivity contribution in [2.75, 3.05) is 0 Å². The van der Waals surface area contributed by atoms with E-state index in [4.69, 9.17) is 11.6 Å². The summed E-state index contributed by atoms with van der Waals surface area (Å²) in [5.41, 5.74) is 0. The molecule has 2 rings (SSSR count). The number of fused-ring (bicyclic) bond motifs is 1. The zero-order chi connectivity index (χ0) is 9.26. The molecule has 3 heteroatoms. The molecule has 0 saturated carbocycles. The highest BCUT2D eigenvalue weighted by atomic mass is 35.5. The molecule has 0 heterocycles. The second-order valence-corrected chi connectivity index (χ2v) is 3.75. The maximum atomic E-state index is 10.7. The van der Waals surface area contributed by atoms with Gasteiger partial charge in [-0.05, 0) is 23.6 Å². The monoisotopic (exact) mass is 209 g/mol. The van der Waals surface area contributed by atoms with Crippen LogP contribution < -0.4 is 0 Å². The number of benzene rings is 2. The molecule has 1 nitrogen and oxygen atoms in total. The molecule has 0 saturated heterocycles. The van der Waals surface area contributed by atoms with Gasteiger partial charge in [0, 0.05) is 15.3 Å². The van der Waals surface area contributed by atoms with E-state index in [-0.39, 0.29) is 0 Å². The van der Waals surface area contributed by atoms with E-state index in [0.29, 0.717) is 16.7 Å². The van der Waals surface area contributed by atoms with Crippen LogP contribution >= 0.6 is 11.6 Å². The highest BCUT2D eigenvalue weighted by Gasteiger charge is 2.10. The summed E-state index contributed by atoms with van der Waals surface area (Å²) in [4.78, 5) is 0.745. The van der Waals surface area contributed by atoms with E-state index in [2.05, 4.69) is 0 Å². The van der Waals surface area contributed by atoms with Crippen LogP contribution in [0.2, 0.25) is 5.02 Å². The molecule has 2 aromatic rings. The lowest BCUT2D eigenvalue weighted by molar-refractivity contribution is 0.605. The van der Waals surface area contributed by atoms with E-state index >= 15 is 0 Å². The van der Waals surface area contributed by atoms with Crippen LogP contribution in [0, 0.1) is 0 Å². The number of hydrogen-bond donors (Lipinski definition) is 0. The second-order valence-electron chi connectivity index (χ2n) is 2.70. The SMILES string of the molecule is O=[S+]c1cccc2cc(Cl)ccc12. The van der Waals surface area contributed by atoms with Gasteiger partial charge in [-0.15, -0.1) is 0 Å². The van der Waals surface area contributed by atoms with Crippen LogP contribution in [0.5, 0.6) is 0 Å². The van der Waals surface area contributed by atoms with Crippen LogP contribution in [0.3, 0.4) is 0 Å². The second kappa shape index (κ2) is 3.40. The molecule has 0 fully saturated rings. The fraction of sp³-hybridized carbons (Fsp3) is 0. The summed E-state index contributed by atoms with van der Waals surface area (Å²) in [5, 5.41) is 2.67. The third-order valence-corrected chi connectivity index (χ3v) is 2.66. The van der Waals surface area contributed by atoms with Gasteiger partial charge in [0.1, 0.15) is 0 Å². The first-order chi connectivity index (χ1) is 6.31. The van der Waals surface area contributed by atoms with Crippen LogP contribution in [0.25, 0.3) is 10.8 Å². The van der Waals surface area contributed by atoms with Crippen LogP contribution in [-0.4, -0.2) is 0 Å². The fourth-order valence-electron chi connectivity index (χ4n) is 1.30. The molecule has 0 amide bonds. The number of hydrogen-bond acceptors (Lipinski definition) is 1.